The summed E-state index contributed by atoms with van der Waals surface area (Å²) in [7, 11) is 1.53. The number of aliphatic hydroxyl groups is 1. The number of halogens is 1. The Morgan fingerprint density at radius 3 is 2.50 bits per heavy atom. The van der Waals surface area contributed by atoms with Crippen LogP contribution in [0.4, 0.5) is 10.1 Å². The first kappa shape index (κ1) is 21.3. The average molecular weight is 431 g/mol. The summed E-state index contributed by atoms with van der Waals surface area (Å²) in [6, 6.07) is 21.3. The molecule has 4 aromatic rings. The molecule has 0 aliphatic heterocycles. The van der Waals surface area contributed by atoms with Gasteiger partial charge in [-0.05, 0) is 47.0 Å². The highest BCUT2D eigenvalue weighted by molar-refractivity contribution is 6.05. The van der Waals surface area contributed by atoms with Crippen LogP contribution in [0.2, 0.25) is 0 Å². The molecular weight excluding hydrogens is 409 g/mol. The minimum absolute atomic E-state index is 0.183. The third kappa shape index (κ3) is 4.55. The van der Waals surface area contributed by atoms with Gasteiger partial charge in [0.2, 0.25) is 5.78 Å². The molecule has 0 saturated carbocycles. The number of aliphatic hydroxyl groups excluding tert-OH is 1. The van der Waals surface area contributed by atoms with Crippen LogP contribution in [0.15, 0.2) is 89.5 Å². The lowest BCUT2D eigenvalue weighted by Crippen LogP contribution is -2.21. The van der Waals surface area contributed by atoms with Crippen molar-refractivity contribution < 1.29 is 23.4 Å². The Morgan fingerprint density at radius 1 is 1.06 bits per heavy atom. The number of ketones is 1. The first-order valence-electron chi connectivity index (χ1n) is 10.1. The molecule has 2 N–H and O–H groups in total. The number of nitrogens with one attached hydrogen (secondary N) is 1. The molecule has 0 aliphatic carbocycles. The van der Waals surface area contributed by atoms with E-state index >= 15 is 0 Å². The van der Waals surface area contributed by atoms with Gasteiger partial charge in [-0.15, -0.1) is 0 Å². The molecule has 5 nitrogen and oxygen atoms in total. The molecule has 0 fully saturated rings. The minimum Gasteiger partial charge on any atom is -0.497 e. The molecule has 0 amide bonds. The maximum atomic E-state index is 13.7. The molecule has 1 atom stereocenters. The monoisotopic (exact) mass is 431 g/mol. The van der Waals surface area contributed by atoms with Gasteiger partial charge in [0.05, 0.1) is 20.0 Å². The van der Waals surface area contributed by atoms with Crippen molar-refractivity contribution in [1.29, 1.82) is 0 Å². The third-order valence-corrected chi connectivity index (χ3v) is 5.13. The number of methoxy groups -OCH3 is 1. The summed E-state index contributed by atoms with van der Waals surface area (Å²) in [6.07, 6.45) is 1.48. The lowest BCUT2D eigenvalue weighted by Gasteiger charge is -2.20. The lowest BCUT2D eigenvalue weighted by atomic mass is 9.96. The molecule has 1 heterocycles. The van der Waals surface area contributed by atoms with Crippen LogP contribution in [0.1, 0.15) is 27.7 Å². The summed E-state index contributed by atoms with van der Waals surface area (Å²) in [6.45, 7) is -0.183. The van der Waals surface area contributed by atoms with E-state index in [1.165, 1.54) is 25.5 Å². The molecule has 6 heteroatoms. The molecule has 3 aromatic carbocycles. The van der Waals surface area contributed by atoms with Crippen LogP contribution < -0.4 is 10.1 Å². The summed E-state index contributed by atoms with van der Waals surface area (Å²) < 4.78 is 24.5. The summed E-state index contributed by atoms with van der Waals surface area (Å²) >= 11 is 0. The fourth-order valence-electron chi connectivity index (χ4n) is 3.55. The second kappa shape index (κ2) is 9.49. The van der Waals surface area contributed by atoms with Gasteiger partial charge < -0.3 is 19.6 Å². The maximum absolute atomic E-state index is 13.7. The van der Waals surface area contributed by atoms with Crippen LogP contribution in [0, 0.1) is 5.82 Å². The third-order valence-electron chi connectivity index (χ3n) is 5.13. The van der Waals surface area contributed by atoms with E-state index in [-0.39, 0.29) is 18.2 Å². The number of furan rings is 1. The summed E-state index contributed by atoms with van der Waals surface area (Å²) in [4.78, 5) is 13.7. The van der Waals surface area contributed by atoms with E-state index < -0.39 is 11.9 Å². The Bertz CT molecular complexity index is 1180. The van der Waals surface area contributed by atoms with Crippen molar-refractivity contribution in [3.8, 4) is 16.9 Å². The van der Waals surface area contributed by atoms with Crippen molar-refractivity contribution in [2.75, 3.05) is 12.4 Å². The smallest absolute Gasteiger partial charge is 0.225 e. The van der Waals surface area contributed by atoms with E-state index in [0.717, 1.165) is 5.56 Å². The second-order valence-corrected chi connectivity index (χ2v) is 7.25. The number of benzene rings is 3. The van der Waals surface area contributed by atoms with Gasteiger partial charge in [-0.2, -0.15) is 0 Å². The molecule has 1 aromatic heterocycles. The van der Waals surface area contributed by atoms with Crippen molar-refractivity contribution in [3.05, 3.63) is 108 Å². The van der Waals surface area contributed by atoms with E-state index in [1.807, 2.05) is 30.3 Å². The average Bonchev–Trinajstić information content (AvgIpc) is 3.33. The van der Waals surface area contributed by atoms with Crippen molar-refractivity contribution in [1.82, 2.24) is 0 Å². The predicted octanol–water partition coefficient (Wildman–Crippen LogP) is 5.62. The molecule has 0 saturated heterocycles. The number of ether oxygens (including phenoxy) is 1. The molecule has 32 heavy (non-hydrogen) atoms. The number of Topliss-reactive ketones (excluding diaryl/α,β-unsaturated/α-hetero) is 1. The number of carbonyl (C=O) groups excluding carboxylic acids is 1. The molecule has 0 radical (unpaired) electrons. The first-order valence-corrected chi connectivity index (χ1v) is 10.1. The van der Waals surface area contributed by atoms with Crippen LogP contribution in [0.25, 0.3) is 11.1 Å². The largest absolute Gasteiger partial charge is 0.497 e. The van der Waals surface area contributed by atoms with Gasteiger partial charge in [0.25, 0.3) is 0 Å². The van der Waals surface area contributed by atoms with Crippen LogP contribution in [0.5, 0.6) is 5.75 Å². The van der Waals surface area contributed by atoms with Gasteiger partial charge in [0.1, 0.15) is 17.6 Å². The highest BCUT2D eigenvalue weighted by Crippen LogP contribution is 2.32. The molecule has 4 rings (SSSR count). The van der Waals surface area contributed by atoms with Crippen LogP contribution in [0.3, 0.4) is 0 Å². The van der Waals surface area contributed by atoms with Gasteiger partial charge in [0.15, 0.2) is 5.76 Å². The summed E-state index contributed by atoms with van der Waals surface area (Å²) in [5.41, 5.74) is 3.29. The number of hydrogen-bond donors (Lipinski definition) is 2. The Morgan fingerprint density at radius 2 is 1.81 bits per heavy atom. The van der Waals surface area contributed by atoms with Crippen LogP contribution in [-0.2, 0) is 6.61 Å². The van der Waals surface area contributed by atoms with E-state index in [0.29, 0.717) is 28.1 Å². The first-order chi connectivity index (χ1) is 15.6. The molecule has 1 unspecified atom stereocenters. The topological polar surface area (TPSA) is 71.7 Å². The Kier molecular flexibility index (Phi) is 6.33. The fourth-order valence-corrected chi connectivity index (χ4v) is 3.55. The molecular formula is C26H22FNO4. The van der Waals surface area contributed by atoms with Crippen molar-refractivity contribution >= 4 is 11.5 Å². The Hall–Kier alpha value is -3.90. The maximum Gasteiger partial charge on any atom is 0.225 e. The Balaban J connectivity index is 1.75. The fraction of sp³-hybridized carbons (Fsp3) is 0.115. The second-order valence-electron chi connectivity index (χ2n) is 7.25. The van der Waals surface area contributed by atoms with Crippen molar-refractivity contribution in [2.45, 2.75) is 12.6 Å². The van der Waals surface area contributed by atoms with E-state index in [9.17, 15) is 14.3 Å². The quantitative estimate of drug-likeness (QED) is 0.354. The molecule has 0 aliphatic rings. The van der Waals surface area contributed by atoms with E-state index in [1.54, 1.807) is 36.4 Å². The minimum atomic E-state index is -0.858. The standard InChI is InChI=1S/C26H22FNO4/c1-31-22-14-17(16-29)13-21(15-22)28-24(19-7-9-20(27)10-8-19)25(30)26-23(11-12-32-26)18-5-3-2-4-6-18/h2-15,24,28-29H,16H2,1H3. The van der Waals surface area contributed by atoms with Gasteiger partial charge in [-0.1, -0.05) is 42.5 Å². The normalized spacial score (nSPS) is 11.7. The molecule has 162 valence electrons. The zero-order valence-electron chi connectivity index (χ0n) is 17.4. The lowest BCUT2D eigenvalue weighted by molar-refractivity contribution is 0.0943. The van der Waals surface area contributed by atoms with Gasteiger partial charge in [-0.3, -0.25) is 4.79 Å². The predicted molar refractivity (Wildman–Crippen MR) is 120 cm³/mol. The van der Waals surface area contributed by atoms with Gasteiger partial charge in [-0.25, -0.2) is 4.39 Å². The zero-order valence-corrected chi connectivity index (χ0v) is 17.4. The highest BCUT2D eigenvalue weighted by Gasteiger charge is 2.27. The highest BCUT2D eigenvalue weighted by atomic mass is 19.1. The zero-order chi connectivity index (χ0) is 22.5. The van der Waals surface area contributed by atoms with Crippen LogP contribution in [-0.4, -0.2) is 18.0 Å². The van der Waals surface area contributed by atoms with Gasteiger partial charge in [0, 0.05) is 17.3 Å². The van der Waals surface area contributed by atoms with Crippen LogP contribution >= 0.6 is 0 Å². The van der Waals surface area contributed by atoms with Crippen molar-refractivity contribution in [3.63, 3.8) is 0 Å². The Labute approximate surface area is 185 Å². The molecule has 0 bridgehead atoms. The number of anilines is 1. The van der Waals surface area contributed by atoms with Gasteiger partial charge >= 0.3 is 0 Å². The SMILES string of the molecule is COc1cc(CO)cc(NC(C(=O)c2occc2-c2ccccc2)c2ccc(F)cc2)c1. The van der Waals surface area contributed by atoms with E-state index in [2.05, 4.69) is 5.32 Å². The number of rotatable bonds is 8. The molecule has 0 spiro atoms. The summed E-state index contributed by atoms with van der Waals surface area (Å²) in [5.74, 6) is 0.0244. The number of hydrogen-bond acceptors (Lipinski definition) is 5. The number of carbonyl (C=O) groups is 1. The van der Waals surface area contributed by atoms with Crippen molar-refractivity contribution in [2.24, 2.45) is 0 Å². The summed E-state index contributed by atoms with van der Waals surface area (Å²) in [5, 5.41) is 12.8. The van der Waals surface area contributed by atoms with E-state index in [4.69, 9.17) is 9.15 Å².